The van der Waals surface area contributed by atoms with Crippen molar-refractivity contribution in [2.75, 3.05) is 19.6 Å². The summed E-state index contributed by atoms with van der Waals surface area (Å²) in [5.74, 6) is -2.77. The molecule has 106 valence electrons. The highest BCUT2D eigenvalue weighted by Gasteiger charge is 2.26. The molecule has 0 radical (unpaired) electrons. The highest BCUT2D eigenvalue weighted by molar-refractivity contribution is 5.87. The zero-order chi connectivity index (χ0) is 14.4. The number of aliphatic carboxylic acids is 2. The highest BCUT2D eigenvalue weighted by atomic mass is 16.4. The third-order valence-electron chi connectivity index (χ3n) is 2.57. The molecule has 0 aromatic heterocycles. The van der Waals surface area contributed by atoms with Crippen LogP contribution in [0.15, 0.2) is 0 Å². The number of amides is 3. The number of hydrogen-bond donors (Lipinski definition) is 4. The van der Waals surface area contributed by atoms with E-state index in [1.807, 2.05) is 0 Å². The first-order chi connectivity index (χ1) is 8.90. The molecular weight excluding hydrogens is 258 g/mol. The Labute approximate surface area is 108 Å². The Balaban J connectivity index is 2.52. The molecule has 1 atom stereocenters. The molecule has 9 heteroatoms. The van der Waals surface area contributed by atoms with E-state index in [0.29, 0.717) is 6.54 Å². The van der Waals surface area contributed by atoms with E-state index in [-0.39, 0.29) is 31.8 Å². The summed E-state index contributed by atoms with van der Waals surface area (Å²) >= 11 is 0. The van der Waals surface area contributed by atoms with Crippen molar-refractivity contribution < 1.29 is 29.4 Å². The molecule has 1 aliphatic rings. The summed E-state index contributed by atoms with van der Waals surface area (Å²) in [7, 11) is 0. The Bertz CT molecular complexity index is 397. The van der Waals surface area contributed by atoms with Gasteiger partial charge in [-0.15, -0.1) is 0 Å². The van der Waals surface area contributed by atoms with E-state index in [1.165, 1.54) is 4.90 Å². The van der Waals surface area contributed by atoms with Gasteiger partial charge in [-0.25, -0.2) is 9.59 Å². The maximum absolute atomic E-state index is 11.7. The number of piperazine rings is 1. The van der Waals surface area contributed by atoms with Crippen molar-refractivity contribution in [3.8, 4) is 0 Å². The molecule has 1 heterocycles. The first-order valence-corrected chi connectivity index (χ1v) is 5.67. The lowest BCUT2D eigenvalue weighted by atomic mass is 10.1. The average molecular weight is 273 g/mol. The maximum Gasteiger partial charge on any atom is 0.326 e. The van der Waals surface area contributed by atoms with E-state index < -0.39 is 24.0 Å². The van der Waals surface area contributed by atoms with Gasteiger partial charge in [-0.3, -0.25) is 9.59 Å². The Morgan fingerprint density at radius 1 is 1.37 bits per heavy atom. The average Bonchev–Trinajstić information content (AvgIpc) is 2.33. The Morgan fingerprint density at radius 3 is 2.58 bits per heavy atom. The van der Waals surface area contributed by atoms with E-state index in [0.717, 1.165) is 0 Å². The number of carbonyl (C=O) groups is 4. The molecule has 0 aromatic rings. The Hall–Kier alpha value is -2.32. The SMILES string of the molecule is O=C(O)CC[C@H](NC(=O)N1CCNC(=O)C1)C(=O)O. The highest BCUT2D eigenvalue weighted by Crippen LogP contribution is 2.01. The van der Waals surface area contributed by atoms with Gasteiger partial charge in [0, 0.05) is 19.5 Å². The molecule has 3 amide bonds. The number of nitrogens with one attached hydrogen (secondary N) is 2. The van der Waals surface area contributed by atoms with Gasteiger partial charge in [0.25, 0.3) is 0 Å². The van der Waals surface area contributed by atoms with Crippen LogP contribution in [0.5, 0.6) is 0 Å². The minimum Gasteiger partial charge on any atom is -0.481 e. The molecule has 1 rings (SSSR count). The van der Waals surface area contributed by atoms with E-state index in [1.54, 1.807) is 0 Å². The summed E-state index contributed by atoms with van der Waals surface area (Å²) in [6, 6.07) is -1.97. The van der Waals surface area contributed by atoms with Gasteiger partial charge in [-0.1, -0.05) is 0 Å². The summed E-state index contributed by atoms with van der Waals surface area (Å²) in [5, 5.41) is 22.1. The fourth-order valence-corrected chi connectivity index (χ4v) is 1.58. The van der Waals surface area contributed by atoms with Crippen LogP contribution in [-0.2, 0) is 14.4 Å². The standard InChI is InChI=1S/C10H15N3O6/c14-7-5-13(4-3-11-7)10(19)12-6(9(17)18)1-2-8(15)16/h6H,1-5H2,(H,11,14)(H,12,19)(H,15,16)(H,17,18)/t6-/m0/s1. The topological polar surface area (TPSA) is 136 Å². The zero-order valence-electron chi connectivity index (χ0n) is 10.1. The largest absolute Gasteiger partial charge is 0.481 e. The number of nitrogens with zero attached hydrogens (tertiary/aromatic N) is 1. The third kappa shape index (κ3) is 4.82. The molecule has 0 aromatic carbocycles. The predicted molar refractivity (Wildman–Crippen MR) is 61.4 cm³/mol. The number of urea groups is 1. The summed E-state index contributed by atoms with van der Waals surface area (Å²) < 4.78 is 0. The Morgan fingerprint density at radius 2 is 2.05 bits per heavy atom. The molecule has 0 saturated carbocycles. The fraction of sp³-hybridized carbons (Fsp3) is 0.600. The van der Waals surface area contributed by atoms with Gasteiger partial charge in [0.1, 0.15) is 12.6 Å². The minimum absolute atomic E-state index is 0.142. The van der Waals surface area contributed by atoms with Crippen molar-refractivity contribution in [2.24, 2.45) is 0 Å². The molecule has 9 nitrogen and oxygen atoms in total. The number of carboxylic acid groups (broad SMARTS) is 2. The second kappa shape index (κ2) is 6.57. The Kier molecular flexibility index (Phi) is 5.10. The molecule has 19 heavy (non-hydrogen) atoms. The minimum atomic E-state index is -1.31. The molecule has 1 saturated heterocycles. The molecule has 0 spiro atoms. The van der Waals surface area contributed by atoms with Gasteiger partial charge in [-0.2, -0.15) is 0 Å². The van der Waals surface area contributed by atoms with Crippen LogP contribution in [0.2, 0.25) is 0 Å². The van der Waals surface area contributed by atoms with Crippen molar-refractivity contribution >= 4 is 23.9 Å². The van der Waals surface area contributed by atoms with Crippen LogP contribution in [0.25, 0.3) is 0 Å². The van der Waals surface area contributed by atoms with Crippen LogP contribution in [0.1, 0.15) is 12.8 Å². The van der Waals surface area contributed by atoms with Crippen LogP contribution in [0, 0.1) is 0 Å². The van der Waals surface area contributed by atoms with Gasteiger partial charge in [0.2, 0.25) is 5.91 Å². The van der Waals surface area contributed by atoms with Crippen molar-refractivity contribution in [2.45, 2.75) is 18.9 Å². The van der Waals surface area contributed by atoms with Gasteiger partial charge in [0.15, 0.2) is 0 Å². The quantitative estimate of drug-likeness (QED) is 0.478. The van der Waals surface area contributed by atoms with Crippen LogP contribution >= 0.6 is 0 Å². The summed E-state index contributed by atoms with van der Waals surface area (Å²) in [6.45, 7) is 0.444. The second-order valence-corrected chi connectivity index (χ2v) is 4.04. The third-order valence-corrected chi connectivity index (χ3v) is 2.57. The molecule has 4 N–H and O–H groups in total. The van der Waals surface area contributed by atoms with Gasteiger partial charge >= 0.3 is 18.0 Å². The number of rotatable bonds is 5. The van der Waals surface area contributed by atoms with E-state index >= 15 is 0 Å². The van der Waals surface area contributed by atoms with Crippen LogP contribution in [0.4, 0.5) is 4.79 Å². The molecule has 1 fully saturated rings. The van der Waals surface area contributed by atoms with Crippen molar-refractivity contribution in [3.63, 3.8) is 0 Å². The number of hydrogen-bond acceptors (Lipinski definition) is 4. The first-order valence-electron chi connectivity index (χ1n) is 5.67. The van der Waals surface area contributed by atoms with Crippen LogP contribution in [-0.4, -0.2) is 64.7 Å². The number of carboxylic acids is 2. The lowest BCUT2D eigenvalue weighted by Crippen LogP contribution is -2.55. The monoisotopic (exact) mass is 273 g/mol. The molecule has 0 aliphatic carbocycles. The van der Waals surface area contributed by atoms with Gasteiger partial charge in [0.05, 0.1) is 0 Å². The summed E-state index contributed by atoms with van der Waals surface area (Å²) in [4.78, 5) is 45.3. The van der Waals surface area contributed by atoms with Crippen LogP contribution < -0.4 is 10.6 Å². The lowest BCUT2D eigenvalue weighted by molar-refractivity contribution is -0.140. The molecule has 1 aliphatic heterocycles. The fourth-order valence-electron chi connectivity index (χ4n) is 1.58. The molecular formula is C10H15N3O6. The predicted octanol–water partition coefficient (Wildman–Crippen LogP) is -1.55. The lowest BCUT2D eigenvalue weighted by Gasteiger charge is -2.28. The normalized spacial score (nSPS) is 16.4. The van der Waals surface area contributed by atoms with E-state index in [4.69, 9.17) is 10.2 Å². The zero-order valence-corrected chi connectivity index (χ0v) is 10.1. The van der Waals surface area contributed by atoms with Crippen LogP contribution in [0.3, 0.4) is 0 Å². The summed E-state index contributed by atoms with van der Waals surface area (Å²) in [5.41, 5.74) is 0. The number of carbonyl (C=O) groups excluding carboxylic acids is 2. The van der Waals surface area contributed by atoms with Gasteiger partial charge < -0.3 is 25.7 Å². The maximum atomic E-state index is 11.7. The first kappa shape index (κ1) is 14.7. The molecule has 0 unspecified atom stereocenters. The van der Waals surface area contributed by atoms with Crippen molar-refractivity contribution in [1.82, 2.24) is 15.5 Å². The van der Waals surface area contributed by atoms with E-state index in [2.05, 4.69) is 10.6 Å². The van der Waals surface area contributed by atoms with Crippen molar-refractivity contribution in [3.05, 3.63) is 0 Å². The van der Waals surface area contributed by atoms with E-state index in [9.17, 15) is 19.2 Å². The molecule has 0 bridgehead atoms. The van der Waals surface area contributed by atoms with Crippen molar-refractivity contribution in [1.29, 1.82) is 0 Å². The van der Waals surface area contributed by atoms with Gasteiger partial charge in [-0.05, 0) is 6.42 Å². The summed E-state index contributed by atoms with van der Waals surface area (Å²) in [6.07, 6.45) is -0.575. The second-order valence-electron chi connectivity index (χ2n) is 4.04. The smallest absolute Gasteiger partial charge is 0.326 e.